The van der Waals surface area contributed by atoms with Crippen LogP contribution < -0.4 is 15.4 Å². The summed E-state index contributed by atoms with van der Waals surface area (Å²) in [5, 5.41) is 5.43. The maximum absolute atomic E-state index is 13.4. The predicted octanol–water partition coefficient (Wildman–Crippen LogP) is 6.22. The molecule has 0 saturated heterocycles. The molecule has 0 fully saturated rings. The fourth-order valence-corrected chi connectivity index (χ4v) is 4.32. The normalized spacial score (nSPS) is 11.0. The molecule has 0 aliphatic rings. The summed E-state index contributed by atoms with van der Waals surface area (Å²) in [7, 11) is 1.55. The number of rotatable bonds is 10. The summed E-state index contributed by atoms with van der Waals surface area (Å²) < 4.78 is 18.5. The second kappa shape index (κ2) is 13.2. The van der Waals surface area contributed by atoms with Gasteiger partial charge >= 0.3 is 0 Å². The number of anilines is 1. The molecule has 6 nitrogen and oxygen atoms in total. The third-order valence-electron chi connectivity index (χ3n) is 5.58. The Morgan fingerprint density at radius 2 is 1.54 bits per heavy atom. The van der Waals surface area contributed by atoms with Gasteiger partial charge in [-0.2, -0.15) is 0 Å². The highest BCUT2D eigenvalue weighted by Gasteiger charge is 2.15. The quantitative estimate of drug-likeness (QED) is 0.142. The zero-order chi connectivity index (χ0) is 27.6. The summed E-state index contributed by atoms with van der Waals surface area (Å²) in [6.07, 6.45) is 1.48. The summed E-state index contributed by atoms with van der Waals surface area (Å²) in [5.41, 5.74) is 2.01. The van der Waals surface area contributed by atoms with Crippen molar-refractivity contribution in [3.63, 3.8) is 0 Å². The molecule has 0 aromatic heterocycles. The number of nitrogens with one attached hydrogen (secondary N) is 2. The Balaban J connectivity index is 1.43. The van der Waals surface area contributed by atoms with Crippen molar-refractivity contribution < 1.29 is 23.5 Å². The first-order chi connectivity index (χ1) is 18.9. The van der Waals surface area contributed by atoms with Crippen LogP contribution in [0.2, 0.25) is 0 Å². The van der Waals surface area contributed by atoms with Crippen LogP contribution in [0.5, 0.6) is 5.75 Å². The van der Waals surface area contributed by atoms with Crippen molar-refractivity contribution in [2.75, 3.05) is 18.2 Å². The number of methoxy groups -OCH3 is 1. The van der Waals surface area contributed by atoms with Crippen molar-refractivity contribution in [2.24, 2.45) is 0 Å². The zero-order valence-electron chi connectivity index (χ0n) is 21.0. The van der Waals surface area contributed by atoms with Crippen molar-refractivity contribution in [1.29, 1.82) is 0 Å². The molecule has 4 aromatic rings. The van der Waals surface area contributed by atoms with Gasteiger partial charge in [-0.05, 0) is 72.3 Å². The van der Waals surface area contributed by atoms with Crippen molar-refractivity contribution in [2.45, 2.75) is 4.90 Å². The maximum Gasteiger partial charge on any atom is 0.272 e. The highest BCUT2D eigenvalue weighted by Crippen LogP contribution is 2.23. The lowest BCUT2D eigenvalue weighted by molar-refractivity contribution is -0.113. The largest absolute Gasteiger partial charge is 0.497 e. The maximum atomic E-state index is 13.4. The first-order valence-electron chi connectivity index (χ1n) is 12.0. The van der Waals surface area contributed by atoms with E-state index in [9.17, 15) is 18.8 Å². The van der Waals surface area contributed by atoms with E-state index < -0.39 is 17.6 Å². The minimum atomic E-state index is -0.544. The number of ketones is 1. The first-order valence-corrected chi connectivity index (χ1v) is 12.9. The van der Waals surface area contributed by atoms with Gasteiger partial charge < -0.3 is 15.4 Å². The van der Waals surface area contributed by atoms with E-state index in [-0.39, 0.29) is 17.2 Å². The van der Waals surface area contributed by atoms with Crippen molar-refractivity contribution in [1.82, 2.24) is 5.32 Å². The van der Waals surface area contributed by atoms with Gasteiger partial charge in [-0.1, -0.05) is 42.5 Å². The van der Waals surface area contributed by atoms with Crippen LogP contribution in [0.1, 0.15) is 26.3 Å². The third-order valence-corrected chi connectivity index (χ3v) is 6.60. The van der Waals surface area contributed by atoms with Crippen LogP contribution in [-0.2, 0) is 4.79 Å². The molecule has 4 rings (SSSR count). The minimum Gasteiger partial charge on any atom is -0.497 e. The topological polar surface area (TPSA) is 84.5 Å². The van der Waals surface area contributed by atoms with Gasteiger partial charge in [0.15, 0.2) is 5.78 Å². The van der Waals surface area contributed by atoms with E-state index in [0.717, 1.165) is 4.90 Å². The number of thioether (sulfide) groups is 1. The fraction of sp³-hybridized carbons (Fsp3) is 0.0645. The number of hydrogen-bond acceptors (Lipinski definition) is 5. The molecule has 8 heteroatoms. The monoisotopic (exact) mass is 540 g/mol. The van der Waals surface area contributed by atoms with Crippen LogP contribution in [0, 0.1) is 5.82 Å². The molecule has 0 spiro atoms. The summed E-state index contributed by atoms with van der Waals surface area (Å²) in [6, 6.07) is 28.1. The predicted molar refractivity (Wildman–Crippen MR) is 151 cm³/mol. The number of ether oxygens (including phenoxy) is 1. The number of halogens is 1. The number of Topliss-reactive ketones (excluding diaryl/α,β-unsaturated/α-hetero) is 1. The summed E-state index contributed by atoms with van der Waals surface area (Å²) in [5.74, 6) is -0.562. The highest BCUT2D eigenvalue weighted by molar-refractivity contribution is 8.00. The van der Waals surface area contributed by atoms with E-state index in [1.165, 1.54) is 42.1 Å². The van der Waals surface area contributed by atoms with Gasteiger partial charge in [-0.25, -0.2) is 4.39 Å². The van der Waals surface area contributed by atoms with E-state index >= 15 is 0 Å². The third kappa shape index (κ3) is 7.90. The molecule has 0 unspecified atom stereocenters. The van der Waals surface area contributed by atoms with E-state index in [1.54, 1.807) is 86.0 Å². The Hall–Kier alpha value is -4.69. The smallest absolute Gasteiger partial charge is 0.272 e. The van der Waals surface area contributed by atoms with Crippen LogP contribution in [0.15, 0.2) is 114 Å². The standard InChI is InChI=1S/C31H25FN2O4S/c1-38-26-9-5-8-23(19-26)29(35)20-39-27-16-14-25(15-17-27)33-31(37)28(18-21-10-12-24(32)13-11-21)34-30(36)22-6-3-2-4-7-22/h2-19H,20H2,1H3,(H,33,37)(H,34,36)/b28-18-. The lowest BCUT2D eigenvalue weighted by Gasteiger charge is -2.12. The van der Waals surface area contributed by atoms with Gasteiger partial charge in [0.25, 0.3) is 11.8 Å². The van der Waals surface area contributed by atoms with E-state index in [1.807, 2.05) is 0 Å². The van der Waals surface area contributed by atoms with E-state index in [4.69, 9.17) is 4.74 Å². The molecule has 0 bridgehead atoms. The average Bonchev–Trinajstić information content (AvgIpc) is 2.97. The Kier molecular flexibility index (Phi) is 9.26. The highest BCUT2D eigenvalue weighted by atomic mass is 32.2. The molecule has 0 atom stereocenters. The Bertz CT molecular complexity index is 1490. The Morgan fingerprint density at radius 3 is 2.23 bits per heavy atom. The second-order valence-corrected chi connectivity index (χ2v) is 9.40. The fourth-order valence-electron chi connectivity index (χ4n) is 3.53. The number of amides is 2. The molecule has 2 amide bonds. The van der Waals surface area contributed by atoms with Gasteiger partial charge in [0.05, 0.1) is 12.9 Å². The average molecular weight is 541 g/mol. The molecule has 39 heavy (non-hydrogen) atoms. The van der Waals surface area contributed by atoms with Crippen molar-refractivity contribution in [3.05, 3.63) is 131 Å². The lowest BCUT2D eigenvalue weighted by Crippen LogP contribution is -2.30. The summed E-state index contributed by atoms with van der Waals surface area (Å²) in [4.78, 5) is 39.3. The summed E-state index contributed by atoms with van der Waals surface area (Å²) in [6.45, 7) is 0. The van der Waals surface area contributed by atoms with Gasteiger partial charge in [0, 0.05) is 21.7 Å². The second-order valence-electron chi connectivity index (χ2n) is 8.35. The first kappa shape index (κ1) is 27.3. The summed E-state index contributed by atoms with van der Waals surface area (Å²) >= 11 is 1.38. The molecular weight excluding hydrogens is 515 g/mol. The molecule has 0 heterocycles. The SMILES string of the molecule is COc1cccc(C(=O)CSc2ccc(NC(=O)/C(=C/c3ccc(F)cc3)NC(=O)c3ccccc3)cc2)c1. The number of carbonyl (C=O) groups is 3. The Morgan fingerprint density at radius 1 is 0.846 bits per heavy atom. The van der Waals surface area contributed by atoms with Crippen LogP contribution in [-0.4, -0.2) is 30.5 Å². The number of benzene rings is 4. The van der Waals surface area contributed by atoms with Crippen LogP contribution in [0.25, 0.3) is 6.08 Å². The Labute approximate surface area is 229 Å². The van der Waals surface area contributed by atoms with E-state index in [2.05, 4.69) is 10.6 Å². The van der Waals surface area contributed by atoms with Gasteiger partial charge in [0.2, 0.25) is 0 Å². The molecule has 0 radical (unpaired) electrons. The zero-order valence-corrected chi connectivity index (χ0v) is 21.8. The van der Waals surface area contributed by atoms with Gasteiger partial charge in [-0.3, -0.25) is 14.4 Å². The molecule has 4 aromatic carbocycles. The van der Waals surface area contributed by atoms with Crippen LogP contribution in [0.4, 0.5) is 10.1 Å². The van der Waals surface area contributed by atoms with Crippen molar-refractivity contribution in [3.8, 4) is 5.75 Å². The van der Waals surface area contributed by atoms with Gasteiger partial charge in [0.1, 0.15) is 17.3 Å². The molecule has 0 saturated carbocycles. The van der Waals surface area contributed by atoms with Gasteiger partial charge in [-0.15, -0.1) is 11.8 Å². The number of carbonyl (C=O) groups excluding carboxylic acids is 3. The van der Waals surface area contributed by atoms with E-state index in [0.29, 0.717) is 28.1 Å². The molecule has 2 N–H and O–H groups in total. The molecular formula is C31H25FN2O4S. The number of hydrogen-bond donors (Lipinski definition) is 2. The lowest BCUT2D eigenvalue weighted by atomic mass is 10.1. The molecule has 196 valence electrons. The molecule has 0 aliphatic carbocycles. The van der Waals surface area contributed by atoms with Crippen LogP contribution >= 0.6 is 11.8 Å². The minimum absolute atomic E-state index is 0.00204. The molecule has 0 aliphatic heterocycles. The van der Waals surface area contributed by atoms with Crippen molar-refractivity contribution >= 4 is 41.1 Å². The van der Waals surface area contributed by atoms with Crippen LogP contribution in [0.3, 0.4) is 0 Å².